The summed E-state index contributed by atoms with van der Waals surface area (Å²) >= 11 is 0. The van der Waals surface area contributed by atoms with Gasteiger partial charge in [0, 0.05) is 26.9 Å². The van der Waals surface area contributed by atoms with Crippen molar-refractivity contribution in [1.29, 1.82) is 0 Å². The molecule has 0 amide bonds. The normalized spacial score (nSPS) is 11.4. The van der Waals surface area contributed by atoms with Crippen LogP contribution in [0.4, 0.5) is 0 Å². The van der Waals surface area contributed by atoms with Crippen LogP contribution in [-0.2, 0) is 20.8 Å². The van der Waals surface area contributed by atoms with Gasteiger partial charge in [-0.25, -0.2) is 0 Å². The summed E-state index contributed by atoms with van der Waals surface area (Å²) < 4.78 is 0. The summed E-state index contributed by atoms with van der Waals surface area (Å²) in [6.45, 7) is 14.2. The van der Waals surface area contributed by atoms with E-state index in [4.69, 9.17) is 15.3 Å². The summed E-state index contributed by atoms with van der Waals surface area (Å²) in [5.41, 5.74) is 8.88. The maximum Gasteiger partial charge on any atom is 0.310 e. The zero-order valence-electron chi connectivity index (χ0n) is 29.5. The van der Waals surface area contributed by atoms with Gasteiger partial charge in [0.05, 0.1) is 12.3 Å². The first-order chi connectivity index (χ1) is 22.3. The number of benzene rings is 4. The van der Waals surface area contributed by atoms with Gasteiger partial charge in [-0.2, -0.15) is 0 Å². The number of rotatable bonds is 10. The Hall–Kier alpha value is -4.49. The SMILES string of the molecule is C.CCC(C(=O)O)c1ccc(C)cc1.CCC(CO)c1ccc(C)cc1.Cc1ccc(C(C)C=O)cc1.Cc1ccc(CC(=O)O)cc1.[B]. The summed E-state index contributed by atoms with van der Waals surface area (Å²) in [6, 6.07) is 31.6. The highest BCUT2D eigenvalue weighted by molar-refractivity contribution is 5.76. The summed E-state index contributed by atoms with van der Waals surface area (Å²) in [7, 11) is 0. The predicted octanol–water partition coefficient (Wildman–Crippen LogP) is 9.23. The maximum atomic E-state index is 10.8. The van der Waals surface area contributed by atoms with Gasteiger partial charge in [-0.05, 0) is 62.8 Å². The van der Waals surface area contributed by atoms with E-state index in [-0.39, 0.29) is 40.7 Å². The molecule has 263 valence electrons. The average molecular weight is 668 g/mol. The van der Waals surface area contributed by atoms with E-state index < -0.39 is 11.9 Å². The number of carbonyl (C=O) groups excluding carboxylic acids is 1. The van der Waals surface area contributed by atoms with Gasteiger partial charge in [-0.15, -0.1) is 0 Å². The lowest BCUT2D eigenvalue weighted by Crippen LogP contribution is -2.10. The third-order valence-corrected chi connectivity index (χ3v) is 7.73. The number of aliphatic hydroxyl groups is 1. The standard InChI is InChI=1S/C11H14O2.C11H16O.C10H12O.C9H10O2.CH4.B/c1-3-10(11(12)13)9-6-4-8(2)5-7-9;1-3-10(8-12)11-6-4-9(2)5-7-11;1-8-3-5-10(6-4-8)9(2)7-11;1-7-2-4-8(5-3-7)6-9(10)11;;/h4-7,10H,3H2,1-2H3,(H,12,13);4-7,10,12H,3,8H2,1-2H3;3-7,9H,1-2H3;2-5H,6H2,1H3,(H,10,11);1H4;. The highest BCUT2D eigenvalue weighted by Gasteiger charge is 2.16. The molecule has 0 aliphatic rings. The largest absolute Gasteiger partial charge is 0.481 e. The molecule has 0 bridgehead atoms. The van der Waals surface area contributed by atoms with E-state index in [1.54, 1.807) is 0 Å². The van der Waals surface area contributed by atoms with Crippen molar-refractivity contribution in [1.82, 2.24) is 0 Å². The molecule has 3 N–H and O–H groups in total. The van der Waals surface area contributed by atoms with Crippen LogP contribution in [-0.4, -0.2) is 48.6 Å². The van der Waals surface area contributed by atoms with Gasteiger partial charge < -0.3 is 20.1 Å². The molecule has 3 atom stereocenters. The number of aliphatic carboxylic acids is 2. The molecule has 4 rings (SSSR count). The van der Waals surface area contributed by atoms with Gasteiger partial charge >= 0.3 is 11.9 Å². The lowest BCUT2D eigenvalue weighted by Gasteiger charge is -2.11. The fourth-order valence-corrected chi connectivity index (χ4v) is 4.49. The second-order valence-corrected chi connectivity index (χ2v) is 11.8. The Morgan fingerprint density at radius 2 is 1.00 bits per heavy atom. The first-order valence-corrected chi connectivity index (χ1v) is 16.1. The fourth-order valence-electron chi connectivity index (χ4n) is 4.49. The van der Waals surface area contributed by atoms with Gasteiger partial charge in [0.2, 0.25) is 0 Å². The van der Waals surface area contributed by atoms with E-state index in [9.17, 15) is 14.4 Å². The number of carboxylic acids is 2. The summed E-state index contributed by atoms with van der Waals surface area (Å²) in [4.78, 5) is 31.5. The minimum absolute atomic E-state index is 0. The van der Waals surface area contributed by atoms with Crippen LogP contribution in [0.5, 0.6) is 0 Å². The van der Waals surface area contributed by atoms with E-state index in [0.29, 0.717) is 12.3 Å². The Balaban J connectivity index is 0. The monoisotopic (exact) mass is 667 g/mol. The van der Waals surface area contributed by atoms with Crippen LogP contribution in [0.15, 0.2) is 97.1 Å². The molecule has 6 nitrogen and oxygen atoms in total. The smallest absolute Gasteiger partial charge is 0.310 e. The molecule has 3 unspecified atom stereocenters. The Bertz CT molecular complexity index is 1460. The van der Waals surface area contributed by atoms with E-state index in [1.807, 2.05) is 107 Å². The van der Waals surface area contributed by atoms with Gasteiger partial charge in [0.1, 0.15) is 6.29 Å². The minimum atomic E-state index is -0.783. The molecule has 7 heteroatoms. The van der Waals surface area contributed by atoms with Crippen molar-refractivity contribution in [2.24, 2.45) is 0 Å². The van der Waals surface area contributed by atoms with Gasteiger partial charge in [-0.3, -0.25) is 9.59 Å². The minimum Gasteiger partial charge on any atom is -0.481 e. The number of hydrogen-bond acceptors (Lipinski definition) is 4. The van der Waals surface area contributed by atoms with Crippen molar-refractivity contribution in [3.63, 3.8) is 0 Å². The lowest BCUT2D eigenvalue weighted by atomic mass is 9.96. The van der Waals surface area contributed by atoms with Crippen molar-refractivity contribution in [3.05, 3.63) is 142 Å². The molecular formula is C42H56BO6. The van der Waals surface area contributed by atoms with Crippen LogP contribution in [0.1, 0.15) is 103 Å². The number of aryl methyl sites for hydroxylation is 4. The molecular weight excluding hydrogens is 611 g/mol. The maximum absolute atomic E-state index is 10.8. The van der Waals surface area contributed by atoms with Crippen LogP contribution in [0.25, 0.3) is 0 Å². The number of carbonyl (C=O) groups is 3. The molecule has 49 heavy (non-hydrogen) atoms. The highest BCUT2D eigenvalue weighted by atomic mass is 16.4. The molecule has 4 aromatic carbocycles. The van der Waals surface area contributed by atoms with Crippen LogP contribution in [0, 0.1) is 27.7 Å². The second kappa shape index (κ2) is 25.5. The number of aliphatic hydroxyl groups excluding tert-OH is 1. The average Bonchev–Trinajstić information content (AvgIpc) is 3.05. The number of hydrogen-bond donors (Lipinski definition) is 3. The van der Waals surface area contributed by atoms with Gasteiger partial charge in [0.15, 0.2) is 0 Å². The van der Waals surface area contributed by atoms with Crippen molar-refractivity contribution < 1.29 is 29.7 Å². The fraction of sp³-hybridized carbons (Fsp3) is 0.357. The Morgan fingerprint density at radius 1 is 0.633 bits per heavy atom. The van der Waals surface area contributed by atoms with Crippen molar-refractivity contribution >= 4 is 26.6 Å². The molecule has 0 saturated carbocycles. The first kappa shape index (κ1) is 46.6. The molecule has 0 aliphatic heterocycles. The predicted molar refractivity (Wildman–Crippen MR) is 204 cm³/mol. The van der Waals surface area contributed by atoms with E-state index in [1.165, 1.54) is 16.7 Å². The Morgan fingerprint density at radius 3 is 1.31 bits per heavy atom. The van der Waals surface area contributed by atoms with Crippen LogP contribution < -0.4 is 0 Å². The number of carboxylic acid groups (broad SMARTS) is 2. The van der Waals surface area contributed by atoms with Crippen molar-refractivity contribution in [2.45, 2.75) is 92.9 Å². The zero-order chi connectivity index (χ0) is 35.4. The van der Waals surface area contributed by atoms with Crippen LogP contribution >= 0.6 is 0 Å². The lowest BCUT2D eigenvalue weighted by molar-refractivity contribution is -0.139. The highest BCUT2D eigenvalue weighted by Crippen LogP contribution is 2.20. The van der Waals surface area contributed by atoms with Crippen molar-refractivity contribution in [2.75, 3.05) is 6.61 Å². The summed E-state index contributed by atoms with van der Waals surface area (Å²) in [5, 5.41) is 26.4. The molecule has 0 heterocycles. The quantitative estimate of drug-likeness (QED) is 0.115. The van der Waals surface area contributed by atoms with E-state index in [2.05, 4.69) is 38.1 Å². The Labute approximate surface area is 296 Å². The molecule has 0 aromatic heterocycles. The number of aldehydes is 1. The van der Waals surface area contributed by atoms with Gasteiger partial charge in [0.25, 0.3) is 0 Å². The molecule has 0 spiro atoms. The third kappa shape index (κ3) is 18.6. The Kier molecular flexibility index (Phi) is 24.3. The third-order valence-electron chi connectivity index (χ3n) is 7.73. The summed E-state index contributed by atoms with van der Waals surface area (Å²) in [5.74, 6) is -1.55. The van der Waals surface area contributed by atoms with Crippen molar-refractivity contribution in [3.8, 4) is 0 Å². The first-order valence-electron chi connectivity index (χ1n) is 16.1. The van der Waals surface area contributed by atoms with E-state index in [0.717, 1.165) is 40.5 Å². The zero-order valence-corrected chi connectivity index (χ0v) is 29.5. The topological polar surface area (TPSA) is 112 Å². The van der Waals surface area contributed by atoms with Gasteiger partial charge in [-0.1, -0.05) is 148 Å². The molecule has 0 fully saturated rings. The molecule has 0 saturated heterocycles. The second-order valence-electron chi connectivity index (χ2n) is 11.8. The molecule has 3 radical (unpaired) electrons. The van der Waals surface area contributed by atoms with E-state index >= 15 is 0 Å². The molecule has 4 aromatic rings. The molecule has 0 aliphatic carbocycles. The van der Waals surface area contributed by atoms with Crippen LogP contribution in [0.3, 0.4) is 0 Å². The van der Waals surface area contributed by atoms with Crippen LogP contribution in [0.2, 0.25) is 0 Å². The summed E-state index contributed by atoms with van der Waals surface area (Å²) in [6.07, 6.45) is 2.71.